The molecule has 9 atom stereocenters. The van der Waals surface area contributed by atoms with Crippen molar-refractivity contribution in [3.8, 4) is 46.0 Å². The van der Waals surface area contributed by atoms with Gasteiger partial charge in [-0.3, -0.25) is 43.3 Å². The highest BCUT2D eigenvalue weighted by molar-refractivity contribution is 8.01. The van der Waals surface area contributed by atoms with Gasteiger partial charge in [0.05, 0.1) is 56.3 Å². The van der Waals surface area contributed by atoms with Gasteiger partial charge in [-0.2, -0.15) is 0 Å². The topological polar surface area (TPSA) is 295 Å². The minimum atomic E-state index is -1.37. The van der Waals surface area contributed by atoms with Crippen LogP contribution in [-0.4, -0.2) is 160 Å². The van der Waals surface area contributed by atoms with Crippen molar-refractivity contribution in [1.82, 2.24) is 19.6 Å². The number of carbonyl (C=O) groups excluding carboxylic acids is 10. The number of aliphatic carboxylic acids is 1. The fourth-order valence-corrected chi connectivity index (χ4v) is 28.4. The summed E-state index contributed by atoms with van der Waals surface area (Å²) in [5, 5.41) is 17.4. The molecule has 12 aliphatic heterocycles. The number of thioether (sulfide) groups is 4. The number of nitrogens with zero attached hydrogens (tertiary/aromatic N) is 4. The number of thiophene rings is 4. The van der Waals surface area contributed by atoms with Crippen molar-refractivity contribution in [2.45, 2.75) is 105 Å². The summed E-state index contributed by atoms with van der Waals surface area (Å²) < 4.78 is 51.4. The van der Waals surface area contributed by atoms with E-state index in [1.54, 1.807) is 145 Å². The molecule has 16 heterocycles. The van der Waals surface area contributed by atoms with Crippen LogP contribution in [0.1, 0.15) is 120 Å². The van der Waals surface area contributed by atoms with E-state index in [-0.39, 0.29) is 145 Å². The maximum Gasteiger partial charge on any atom is 0.352 e. The van der Waals surface area contributed by atoms with E-state index in [4.69, 9.17) is 37.9 Å². The lowest BCUT2D eigenvalue weighted by Gasteiger charge is -2.50. The number of ether oxygens (including phenoxy) is 8. The Morgan fingerprint density at radius 3 is 0.932 bits per heavy atom. The lowest BCUT2D eigenvalue weighted by atomic mass is 9.77. The van der Waals surface area contributed by atoms with E-state index in [2.05, 4.69) is 0 Å². The second-order valence-electron chi connectivity index (χ2n) is 34.1. The van der Waals surface area contributed by atoms with Gasteiger partial charge >= 0.3 is 17.9 Å². The Morgan fingerprint density at radius 1 is 0.356 bits per heavy atom. The Hall–Kier alpha value is -11.8. The van der Waals surface area contributed by atoms with Gasteiger partial charge in [0.2, 0.25) is 23.6 Å². The van der Waals surface area contributed by atoms with Crippen molar-refractivity contribution in [2.75, 3.05) is 49.4 Å². The lowest BCUT2D eigenvalue weighted by molar-refractivity contribution is -0.154. The number of ketones is 4. The molecular formula is C100H82N4O20S8. The second-order valence-corrected chi connectivity index (χ2v) is 42.7. The predicted molar refractivity (Wildman–Crippen MR) is 501 cm³/mol. The Labute approximate surface area is 790 Å². The molecule has 9 unspecified atom stereocenters. The zero-order valence-corrected chi connectivity index (χ0v) is 77.7. The van der Waals surface area contributed by atoms with Crippen LogP contribution >= 0.6 is 92.4 Å². The molecule has 4 saturated heterocycles. The number of carboxylic acids is 1. The zero-order chi connectivity index (χ0) is 90.7. The van der Waals surface area contributed by atoms with Gasteiger partial charge in [-0.25, -0.2) is 14.4 Å². The molecular weight excluding hydrogens is 1830 g/mol. The van der Waals surface area contributed by atoms with E-state index in [0.29, 0.717) is 138 Å². The summed E-state index contributed by atoms with van der Waals surface area (Å²) in [6, 6.07) is 51.5. The number of Topliss-reactive ketones (excluding diaryl/α,β-unsaturated/α-hetero) is 4. The minimum absolute atomic E-state index is 0.0228. The van der Waals surface area contributed by atoms with Crippen molar-refractivity contribution in [3.05, 3.63) is 300 Å². The SMILES string of the molecule is CC1=C(COc2ccc3c(c2)Oc2cc(OCC4=C(C(=O)O)N5C(=O)C(CC(=O)Cc6cccs6)C5SC4)ccc2C32OC(=O)c3ccccc32)CSC2C(CC(=O)Cc3cccs3)C(=O)N12.CC1=C(COc2ccc3c(c2)Oc2cc(OCC4=C(C)N5C(=O)C(CC(=O)Cc6cccs6)C5SC4)ccc2C32OC(=O)c3ccccc32)CSC2C(CC(=O)Cc3cccs3)C(=O)N12. The van der Waals surface area contributed by atoms with E-state index < -0.39 is 40.4 Å². The van der Waals surface area contributed by atoms with Gasteiger partial charge in [0.25, 0.3) is 0 Å². The van der Waals surface area contributed by atoms with Gasteiger partial charge in [0, 0.05) is 174 Å². The average Bonchev–Trinajstić information content (AvgIpc) is 1.52. The molecule has 32 heteroatoms. The van der Waals surface area contributed by atoms with Gasteiger partial charge < -0.3 is 57.7 Å². The van der Waals surface area contributed by atoms with Crippen LogP contribution in [-0.2, 0) is 89.5 Å². The van der Waals surface area contributed by atoms with Crippen molar-refractivity contribution in [1.29, 1.82) is 0 Å². The number of hydrogen-bond acceptors (Lipinski definition) is 27. The van der Waals surface area contributed by atoms with Gasteiger partial charge in [-0.15, -0.1) is 92.4 Å². The molecule has 4 amide bonds. The predicted octanol–water partition coefficient (Wildman–Crippen LogP) is 17.4. The van der Waals surface area contributed by atoms with Crippen molar-refractivity contribution >= 4 is 157 Å². The Kier molecular flexibility index (Phi) is 23.3. The Balaban J connectivity index is 0.000000159. The van der Waals surface area contributed by atoms with Gasteiger partial charge in [0.1, 0.15) is 101 Å². The third-order valence-electron chi connectivity index (χ3n) is 26.3. The van der Waals surface area contributed by atoms with E-state index in [0.717, 1.165) is 53.3 Å². The van der Waals surface area contributed by atoms with Gasteiger partial charge in [0.15, 0.2) is 11.2 Å². The summed E-state index contributed by atoms with van der Waals surface area (Å²) in [7, 11) is 0. The third kappa shape index (κ3) is 15.5. The second kappa shape index (κ2) is 35.3. The molecule has 10 aromatic rings. The van der Waals surface area contributed by atoms with Crippen LogP contribution in [0.5, 0.6) is 46.0 Å². The number of rotatable bonds is 29. The maximum atomic E-state index is 13.5. The van der Waals surface area contributed by atoms with E-state index in [1.165, 1.54) is 28.0 Å². The molecule has 670 valence electrons. The molecule has 12 aliphatic rings. The lowest BCUT2D eigenvalue weighted by Crippen LogP contribution is -2.62. The highest BCUT2D eigenvalue weighted by atomic mass is 32.2. The molecule has 4 fully saturated rings. The van der Waals surface area contributed by atoms with Crippen LogP contribution in [0.25, 0.3) is 0 Å². The highest BCUT2D eigenvalue weighted by Gasteiger charge is 2.59. The smallest absolute Gasteiger partial charge is 0.352 e. The molecule has 1 N–H and O–H groups in total. The van der Waals surface area contributed by atoms with E-state index >= 15 is 0 Å². The first-order valence-electron chi connectivity index (χ1n) is 43.1. The number of carboxylic acid groups (broad SMARTS) is 1. The Morgan fingerprint density at radius 2 is 0.636 bits per heavy atom. The summed E-state index contributed by atoms with van der Waals surface area (Å²) in [5.74, 6) is 1.79. The molecule has 4 aromatic heterocycles. The zero-order valence-electron chi connectivity index (χ0n) is 71.2. The quantitative estimate of drug-likeness (QED) is 0.0336. The number of amides is 4. The molecule has 0 aliphatic carbocycles. The van der Waals surface area contributed by atoms with Gasteiger partial charge in [-0.05, 0) is 144 Å². The number of fused-ring (bicyclic) bond motifs is 16. The average molecular weight is 1920 g/mol. The minimum Gasteiger partial charge on any atom is -0.489 e. The number of hydrogen-bond donors (Lipinski definition) is 1. The monoisotopic (exact) mass is 1910 g/mol. The standard InChI is InChI=1S/C50H40N2O11S4.C50H42N2O9S4/c1-26-27(24-66-46-36(44(55)51(26)46)18-29(53)16-33-6-4-14-64-33)22-60-31-10-12-39-41(20-31)62-42-21-32(11-13-40(42)50(39)38-9-3-2-8-35(38)49(59)63-50)61-23-28-25-67-47-37(45(56)52(47)43(28)48(57)58)19-30(54)17-34-7-5-15-65-34;1-27-29(25-64-47-38(45(55)51(27)47)19-31(53)17-35-7-5-15-62-35)23-58-33-11-13-41-43(21-33)60-44-22-34(12-14-42(44)50(41)40-10-4-3-9-37(40)49(57)61-50)59-24-30-26-65-48-39(46(56)52(48)28(30)2)20-32(54)18-36-8-6-16-63-36/h2-15,20-21,36-37,46-47H,16-19,22-25H2,1H3,(H,57,58);3-16,21-22,38-39,47-48H,17-20,23-26H2,1-2H3. The summed E-state index contributed by atoms with van der Waals surface area (Å²) in [6.45, 7) is 6.37. The molecule has 0 saturated carbocycles. The van der Waals surface area contributed by atoms with E-state index in [9.17, 15) is 57.8 Å². The van der Waals surface area contributed by atoms with Crippen LogP contribution in [0.4, 0.5) is 0 Å². The van der Waals surface area contributed by atoms with Crippen LogP contribution in [0.3, 0.4) is 0 Å². The number of esters is 2. The van der Waals surface area contributed by atoms with Crippen molar-refractivity contribution in [3.63, 3.8) is 0 Å². The highest BCUT2D eigenvalue weighted by Crippen LogP contribution is 2.61. The first-order chi connectivity index (χ1) is 64.0. The summed E-state index contributed by atoms with van der Waals surface area (Å²) in [5.41, 5.74) is 7.82. The third-order valence-corrected chi connectivity index (χ3v) is 35.4. The first-order valence-corrected chi connectivity index (χ1v) is 50.8. The van der Waals surface area contributed by atoms with Crippen molar-refractivity contribution in [2.24, 2.45) is 23.7 Å². The number of allylic oxidation sites excluding steroid dienone is 3. The molecule has 24 nitrogen and oxygen atoms in total. The molecule has 2 spiro atoms. The summed E-state index contributed by atoms with van der Waals surface area (Å²) in [4.78, 5) is 155. The normalized spacial score (nSPS) is 23.5. The Bertz CT molecular complexity index is 6480. The first kappa shape index (κ1) is 86.9. The van der Waals surface area contributed by atoms with Crippen molar-refractivity contribution < 1.29 is 95.7 Å². The van der Waals surface area contributed by atoms with Crippen LogP contribution in [0.15, 0.2) is 236 Å². The number of carbonyl (C=O) groups is 11. The molecule has 132 heavy (non-hydrogen) atoms. The number of benzene rings is 6. The summed E-state index contributed by atoms with van der Waals surface area (Å²) >= 11 is 12.5. The maximum absolute atomic E-state index is 13.5. The van der Waals surface area contributed by atoms with E-state index in [1.807, 2.05) is 151 Å². The fourth-order valence-electron chi connectivity index (χ4n) is 19.5. The molecule has 22 rings (SSSR count). The number of β-lactam (4-membered cyclic amide) rings is 4. The van der Waals surface area contributed by atoms with Crippen LogP contribution in [0.2, 0.25) is 0 Å². The van der Waals surface area contributed by atoms with Crippen LogP contribution < -0.4 is 28.4 Å². The summed E-state index contributed by atoms with van der Waals surface area (Å²) in [6.07, 6.45) is 2.08. The molecule has 0 radical (unpaired) electrons. The molecule has 6 aromatic carbocycles. The largest absolute Gasteiger partial charge is 0.489 e. The fraction of sp³-hybridized carbons (Fsp3) is 0.290. The van der Waals surface area contributed by atoms with Crippen LogP contribution in [0, 0.1) is 23.7 Å². The molecule has 0 bridgehead atoms. The van der Waals surface area contributed by atoms with Gasteiger partial charge in [-0.1, -0.05) is 60.7 Å².